The lowest BCUT2D eigenvalue weighted by atomic mass is 9.60. The summed E-state index contributed by atoms with van der Waals surface area (Å²) in [5.74, 6) is 0.318. The molecule has 0 amide bonds. The molecule has 2 rings (SSSR count). The fourth-order valence-corrected chi connectivity index (χ4v) is 3.99. The lowest BCUT2D eigenvalue weighted by molar-refractivity contribution is -0.166. The van der Waals surface area contributed by atoms with Crippen molar-refractivity contribution in [3.05, 3.63) is 35.9 Å². The number of benzene rings is 1. The normalized spacial score (nSPS) is 28.7. The van der Waals surface area contributed by atoms with Crippen molar-refractivity contribution in [1.82, 2.24) is 0 Å². The summed E-state index contributed by atoms with van der Waals surface area (Å²) >= 11 is 0. The number of carboxylic acid groups (broad SMARTS) is 1. The van der Waals surface area contributed by atoms with Crippen molar-refractivity contribution in [2.45, 2.75) is 46.6 Å². The van der Waals surface area contributed by atoms with E-state index in [4.69, 9.17) is 4.74 Å². The Morgan fingerprint density at radius 2 is 2.00 bits per heavy atom. The molecule has 1 fully saturated rings. The first-order valence-electron chi connectivity index (χ1n) is 8.31. The zero-order valence-electron chi connectivity index (χ0n) is 13.9. The van der Waals surface area contributed by atoms with Gasteiger partial charge in [-0.15, -0.1) is 0 Å². The molecule has 0 aliphatic heterocycles. The summed E-state index contributed by atoms with van der Waals surface area (Å²) in [6.45, 7) is 7.22. The third-order valence-electron chi connectivity index (χ3n) is 5.09. The minimum absolute atomic E-state index is 0.192. The number of carbonyl (C=O) groups is 1. The van der Waals surface area contributed by atoms with Crippen LogP contribution in [0.4, 0.5) is 0 Å². The van der Waals surface area contributed by atoms with Gasteiger partial charge in [0, 0.05) is 0 Å². The lowest BCUT2D eigenvalue weighted by Crippen LogP contribution is -2.48. The molecule has 0 saturated heterocycles. The zero-order chi connectivity index (χ0) is 16.2. The third kappa shape index (κ3) is 3.70. The van der Waals surface area contributed by atoms with Crippen LogP contribution in [0.5, 0.6) is 0 Å². The Hall–Kier alpha value is -1.35. The summed E-state index contributed by atoms with van der Waals surface area (Å²) in [4.78, 5) is 12.1. The second kappa shape index (κ2) is 7.28. The van der Waals surface area contributed by atoms with Crippen LogP contribution in [0.15, 0.2) is 30.3 Å². The first kappa shape index (κ1) is 17.0. The van der Waals surface area contributed by atoms with E-state index in [0.717, 1.165) is 24.8 Å². The Morgan fingerprint density at radius 1 is 1.32 bits per heavy atom. The number of ether oxygens (including phenoxy) is 1. The monoisotopic (exact) mass is 304 g/mol. The van der Waals surface area contributed by atoms with E-state index in [0.29, 0.717) is 25.0 Å². The van der Waals surface area contributed by atoms with Crippen LogP contribution in [-0.2, 0) is 16.1 Å². The Bertz CT molecular complexity index is 483. The Labute approximate surface area is 133 Å². The standard InChI is InChI=1S/C19H28O3/c1-14(2)17-10-9-15(3)11-19(17,18(20)21)13-22-12-16-7-5-4-6-8-16/h4-8,14-15,17H,9-13H2,1-3H3,(H,20,21)/t15-,17-,19+/m1/s1. The first-order chi connectivity index (χ1) is 10.5. The largest absolute Gasteiger partial charge is 0.481 e. The van der Waals surface area contributed by atoms with E-state index in [1.54, 1.807) is 0 Å². The van der Waals surface area contributed by atoms with Crippen molar-refractivity contribution in [3.63, 3.8) is 0 Å². The SMILES string of the molecule is CC(C)[C@H]1CC[C@@H](C)C[C@@]1(COCc1ccccc1)C(=O)O. The molecule has 0 spiro atoms. The van der Waals surface area contributed by atoms with Crippen LogP contribution in [0.2, 0.25) is 0 Å². The molecule has 3 atom stereocenters. The highest BCUT2D eigenvalue weighted by Gasteiger charge is 2.50. The highest BCUT2D eigenvalue weighted by molar-refractivity contribution is 5.75. The van der Waals surface area contributed by atoms with Crippen molar-refractivity contribution in [2.75, 3.05) is 6.61 Å². The summed E-state index contributed by atoms with van der Waals surface area (Å²) in [7, 11) is 0. The number of aliphatic carboxylic acids is 1. The molecule has 3 heteroatoms. The predicted molar refractivity (Wildman–Crippen MR) is 87.5 cm³/mol. The molecule has 1 aromatic rings. The molecule has 122 valence electrons. The summed E-state index contributed by atoms with van der Waals surface area (Å²) in [6, 6.07) is 9.95. The van der Waals surface area contributed by atoms with E-state index in [2.05, 4.69) is 20.8 Å². The molecular weight excluding hydrogens is 276 g/mol. The van der Waals surface area contributed by atoms with Crippen LogP contribution in [0.25, 0.3) is 0 Å². The van der Waals surface area contributed by atoms with Crippen molar-refractivity contribution >= 4 is 5.97 Å². The first-order valence-corrected chi connectivity index (χ1v) is 8.31. The fourth-order valence-electron chi connectivity index (χ4n) is 3.99. The van der Waals surface area contributed by atoms with Gasteiger partial charge in [0.2, 0.25) is 0 Å². The van der Waals surface area contributed by atoms with E-state index in [1.807, 2.05) is 30.3 Å². The van der Waals surface area contributed by atoms with Crippen LogP contribution >= 0.6 is 0 Å². The summed E-state index contributed by atoms with van der Waals surface area (Å²) in [5.41, 5.74) is 0.355. The van der Waals surface area contributed by atoms with E-state index >= 15 is 0 Å². The van der Waals surface area contributed by atoms with Gasteiger partial charge in [0.1, 0.15) is 0 Å². The van der Waals surface area contributed by atoms with Gasteiger partial charge in [-0.05, 0) is 36.2 Å². The number of rotatable bonds is 6. The van der Waals surface area contributed by atoms with Gasteiger partial charge in [0.15, 0.2) is 0 Å². The summed E-state index contributed by atoms with van der Waals surface area (Å²) in [6.07, 6.45) is 2.83. The minimum atomic E-state index is -0.736. The van der Waals surface area contributed by atoms with Crippen LogP contribution in [0.3, 0.4) is 0 Å². The molecular formula is C19H28O3. The van der Waals surface area contributed by atoms with Gasteiger partial charge in [0.05, 0.1) is 18.6 Å². The number of hydrogen-bond acceptors (Lipinski definition) is 2. The molecule has 1 aliphatic rings. The molecule has 0 unspecified atom stereocenters. The Kier molecular flexibility index (Phi) is 5.63. The van der Waals surface area contributed by atoms with Gasteiger partial charge < -0.3 is 9.84 Å². The van der Waals surface area contributed by atoms with Crippen LogP contribution < -0.4 is 0 Å². The molecule has 0 radical (unpaired) electrons. The fraction of sp³-hybridized carbons (Fsp3) is 0.632. The maximum atomic E-state index is 12.1. The van der Waals surface area contributed by atoms with Crippen molar-refractivity contribution < 1.29 is 14.6 Å². The molecule has 1 N–H and O–H groups in total. The van der Waals surface area contributed by atoms with E-state index < -0.39 is 11.4 Å². The van der Waals surface area contributed by atoms with Gasteiger partial charge in [0.25, 0.3) is 0 Å². The van der Waals surface area contributed by atoms with E-state index in [9.17, 15) is 9.90 Å². The molecule has 22 heavy (non-hydrogen) atoms. The van der Waals surface area contributed by atoms with Gasteiger partial charge in [-0.1, -0.05) is 57.5 Å². The van der Waals surface area contributed by atoms with Gasteiger partial charge in [-0.2, -0.15) is 0 Å². The maximum Gasteiger partial charge on any atom is 0.312 e. The average Bonchev–Trinajstić information content (AvgIpc) is 2.47. The van der Waals surface area contributed by atoms with Crippen LogP contribution in [0, 0.1) is 23.2 Å². The van der Waals surface area contributed by atoms with Gasteiger partial charge >= 0.3 is 5.97 Å². The number of carboxylic acids is 1. The molecule has 1 aliphatic carbocycles. The molecule has 1 saturated carbocycles. The molecule has 0 bridgehead atoms. The highest BCUT2D eigenvalue weighted by Crippen LogP contribution is 2.47. The lowest BCUT2D eigenvalue weighted by Gasteiger charge is -2.45. The maximum absolute atomic E-state index is 12.1. The van der Waals surface area contributed by atoms with Crippen molar-refractivity contribution in [3.8, 4) is 0 Å². The van der Waals surface area contributed by atoms with Crippen LogP contribution in [-0.4, -0.2) is 17.7 Å². The van der Waals surface area contributed by atoms with Crippen molar-refractivity contribution in [2.24, 2.45) is 23.2 Å². The zero-order valence-corrected chi connectivity index (χ0v) is 13.9. The highest BCUT2D eigenvalue weighted by atomic mass is 16.5. The second-order valence-corrected chi connectivity index (χ2v) is 7.18. The van der Waals surface area contributed by atoms with Crippen LogP contribution in [0.1, 0.15) is 45.6 Å². The second-order valence-electron chi connectivity index (χ2n) is 7.18. The van der Waals surface area contributed by atoms with E-state index in [-0.39, 0.29) is 5.92 Å². The van der Waals surface area contributed by atoms with Gasteiger partial charge in [-0.3, -0.25) is 4.79 Å². The smallest absolute Gasteiger partial charge is 0.312 e. The minimum Gasteiger partial charge on any atom is -0.481 e. The van der Waals surface area contributed by atoms with E-state index in [1.165, 1.54) is 0 Å². The number of hydrogen-bond donors (Lipinski definition) is 1. The summed E-state index contributed by atoms with van der Waals surface area (Å²) < 4.78 is 5.87. The van der Waals surface area contributed by atoms with Crippen molar-refractivity contribution in [1.29, 1.82) is 0 Å². The predicted octanol–water partition coefficient (Wildman–Crippen LogP) is 4.37. The van der Waals surface area contributed by atoms with Gasteiger partial charge in [-0.25, -0.2) is 0 Å². The molecule has 3 nitrogen and oxygen atoms in total. The quantitative estimate of drug-likeness (QED) is 0.849. The molecule has 1 aromatic carbocycles. The molecule has 0 heterocycles. The third-order valence-corrected chi connectivity index (χ3v) is 5.09. The summed E-state index contributed by atoms with van der Waals surface area (Å²) in [5, 5.41) is 9.94. The topological polar surface area (TPSA) is 46.5 Å². The molecule has 0 aromatic heterocycles. The Balaban J connectivity index is 2.10. The average molecular weight is 304 g/mol. The Morgan fingerprint density at radius 3 is 2.59 bits per heavy atom.